The van der Waals surface area contributed by atoms with E-state index in [1.165, 1.54) is 18.2 Å². The van der Waals surface area contributed by atoms with Crippen molar-refractivity contribution in [3.63, 3.8) is 0 Å². The number of halogens is 3. The Hall–Kier alpha value is -2.44. The minimum atomic E-state index is -4.50. The fourth-order valence-electron chi connectivity index (χ4n) is 2.12. The molecule has 0 radical (unpaired) electrons. The van der Waals surface area contributed by atoms with Crippen molar-refractivity contribution in [2.45, 2.75) is 33.4 Å². The average Bonchev–Trinajstić information content (AvgIpc) is 2.44. The Morgan fingerprint density at radius 3 is 2.22 bits per heavy atom. The fraction of sp³-hybridized carbons (Fsp3) is 0.312. The van der Waals surface area contributed by atoms with Crippen LogP contribution in [0.5, 0.6) is 0 Å². The molecule has 1 amide bonds. The molecule has 0 aliphatic rings. The lowest BCUT2D eigenvalue weighted by Crippen LogP contribution is -2.19. The smallest absolute Gasteiger partial charge is 0.294 e. The number of carbonyl (C=O) groups is 1. The molecule has 1 aromatic carbocycles. The standard InChI is InChI=1S/C16H16F3N3O/c1-9-10(2)20-15(21-11(9)3)22-14(23)8-12-6-4-5-7-13(12)16(17,18)19/h4-7H,8H2,1-3H3,(H,20,21,22,23). The average molecular weight is 323 g/mol. The van der Waals surface area contributed by atoms with Gasteiger partial charge in [-0.3, -0.25) is 10.1 Å². The number of nitrogens with zero attached hydrogens (tertiary/aromatic N) is 2. The molecule has 122 valence electrons. The first-order valence-corrected chi connectivity index (χ1v) is 6.95. The molecule has 0 aliphatic carbocycles. The van der Waals surface area contributed by atoms with Gasteiger partial charge in [0.2, 0.25) is 11.9 Å². The molecule has 2 rings (SSSR count). The molecular weight excluding hydrogens is 307 g/mol. The summed E-state index contributed by atoms with van der Waals surface area (Å²) in [6.07, 6.45) is -4.89. The number of aryl methyl sites for hydroxylation is 2. The number of anilines is 1. The number of carbonyl (C=O) groups excluding carboxylic acids is 1. The molecule has 0 aliphatic heterocycles. The van der Waals surface area contributed by atoms with Gasteiger partial charge in [0.25, 0.3) is 0 Å². The largest absolute Gasteiger partial charge is 0.416 e. The maximum atomic E-state index is 12.9. The Bertz CT molecular complexity index is 719. The van der Waals surface area contributed by atoms with Crippen LogP contribution in [-0.2, 0) is 17.4 Å². The fourth-order valence-corrected chi connectivity index (χ4v) is 2.12. The van der Waals surface area contributed by atoms with Crippen molar-refractivity contribution in [2.75, 3.05) is 5.32 Å². The highest BCUT2D eigenvalue weighted by atomic mass is 19.4. The number of hydrogen-bond acceptors (Lipinski definition) is 3. The third-order valence-electron chi connectivity index (χ3n) is 3.56. The predicted octanol–water partition coefficient (Wildman–Crippen LogP) is 3.60. The number of rotatable bonds is 3. The summed E-state index contributed by atoms with van der Waals surface area (Å²) in [6.45, 7) is 5.41. The number of benzene rings is 1. The van der Waals surface area contributed by atoms with Crippen molar-refractivity contribution < 1.29 is 18.0 Å². The van der Waals surface area contributed by atoms with Crippen LogP contribution >= 0.6 is 0 Å². The van der Waals surface area contributed by atoms with Crippen molar-refractivity contribution in [1.29, 1.82) is 0 Å². The number of nitrogens with one attached hydrogen (secondary N) is 1. The molecule has 0 fully saturated rings. The summed E-state index contributed by atoms with van der Waals surface area (Å²) in [5, 5.41) is 2.45. The second-order valence-electron chi connectivity index (χ2n) is 5.22. The first kappa shape index (κ1) is 16.9. The van der Waals surface area contributed by atoms with Crippen LogP contribution in [0, 0.1) is 20.8 Å². The number of alkyl halides is 3. The van der Waals surface area contributed by atoms with Crippen LogP contribution < -0.4 is 5.32 Å². The van der Waals surface area contributed by atoms with E-state index in [2.05, 4.69) is 15.3 Å². The molecule has 0 spiro atoms. The highest BCUT2D eigenvalue weighted by Crippen LogP contribution is 2.32. The Morgan fingerprint density at radius 2 is 1.65 bits per heavy atom. The zero-order chi connectivity index (χ0) is 17.2. The van der Waals surface area contributed by atoms with Crippen LogP contribution in [0.15, 0.2) is 24.3 Å². The van der Waals surface area contributed by atoms with E-state index in [0.29, 0.717) is 11.4 Å². The van der Waals surface area contributed by atoms with Gasteiger partial charge < -0.3 is 0 Å². The van der Waals surface area contributed by atoms with Gasteiger partial charge in [-0.05, 0) is 38.0 Å². The highest BCUT2D eigenvalue weighted by molar-refractivity contribution is 5.90. The Balaban J connectivity index is 2.18. The van der Waals surface area contributed by atoms with Crippen LogP contribution in [0.2, 0.25) is 0 Å². The van der Waals surface area contributed by atoms with Gasteiger partial charge in [-0.15, -0.1) is 0 Å². The summed E-state index contributed by atoms with van der Waals surface area (Å²) in [5.74, 6) is -0.496. The molecule has 7 heteroatoms. The predicted molar refractivity (Wildman–Crippen MR) is 80.0 cm³/mol. The monoisotopic (exact) mass is 323 g/mol. The maximum Gasteiger partial charge on any atom is 0.416 e. The molecule has 4 nitrogen and oxygen atoms in total. The van der Waals surface area contributed by atoms with Crippen LogP contribution in [0.25, 0.3) is 0 Å². The summed E-state index contributed by atoms with van der Waals surface area (Å²) in [6, 6.07) is 5.00. The third-order valence-corrected chi connectivity index (χ3v) is 3.56. The van der Waals surface area contributed by atoms with Gasteiger partial charge in [-0.25, -0.2) is 9.97 Å². The molecule has 23 heavy (non-hydrogen) atoms. The Kier molecular flexibility index (Phi) is 4.68. The van der Waals surface area contributed by atoms with Gasteiger partial charge in [0.05, 0.1) is 12.0 Å². The van der Waals surface area contributed by atoms with E-state index in [1.54, 1.807) is 13.8 Å². The summed E-state index contributed by atoms with van der Waals surface area (Å²) in [5.41, 5.74) is 1.43. The number of amides is 1. The second-order valence-corrected chi connectivity index (χ2v) is 5.22. The first-order valence-electron chi connectivity index (χ1n) is 6.95. The van der Waals surface area contributed by atoms with E-state index in [9.17, 15) is 18.0 Å². The molecular formula is C16H16F3N3O. The molecule has 0 atom stereocenters. The van der Waals surface area contributed by atoms with Crippen LogP contribution in [-0.4, -0.2) is 15.9 Å². The van der Waals surface area contributed by atoms with Gasteiger partial charge in [0.15, 0.2) is 0 Å². The summed E-state index contributed by atoms with van der Waals surface area (Å²) in [4.78, 5) is 20.3. The molecule has 1 heterocycles. The van der Waals surface area contributed by atoms with Crippen LogP contribution in [0.4, 0.5) is 19.1 Å². The maximum absolute atomic E-state index is 12.9. The highest BCUT2D eigenvalue weighted by Gasteiger charge is 2.33. The minimum absolute atomic E-state index is 0.0851. The van der Waals surface area contributed by atoms with E-state index >= 15 is 0 Å². The summed E-state index contributed by atoms with van der Waals surface area (Å²) < 4.78 is 38.8. The van der Waals surface area contributed by atoms with Crippen molar-refractivity contribution in [1.82, 2.24) is 9.97 Å². The normalized spacial score (nSPS) is 11.4. The summed E-state index contributed by atoms with van der Waals surface area (Å²) in [7, 11) is 0. The molecule has 0 saturated heterocycles. The second kappa shape index (κ2) is 6.36. The molecule has 1 N–H and O–H groups in total. The van der Waals surface area contributed by atoms with Crippen LogP contribution in [0.3, 0.4) is 0 Å². The number of hydrogen-bond donors (Lipinski definition) is 1. The van der Waals surface area contributed by atoms with Gasteiger partial charge in [0, 0.05) is 11.4 Å². The zero-order valence-corrected chi connectivity index (χ0v) is 13.0. The van der Waals surface area contributed by atoms with Crippen molar-refractivity contribution in [3.05, 3.63) is 52.3 Å². The zero-order valence-electron chi connectivity index (χ0n) is 13.0. The van der Waals surface area contributed by atoms with Crippen LogP contribution in [0.1, 0.15) is 28.1 Å². The van der Waals surface area contributed by atoms with Crippen molar-refractivity contribution in [2.24, 2.45) is 0 Å². The Labute approximate surface area is 131 Å². The number of aromatic nitrogens is 2. The van der Waals surface area contributed by atoms with Crippen molar-refractivity contribution >= 4 is 11.9 Å². The summed E-state index contributed by atoms with van der Waals surface area (Å²) >= 11 is 0. The lowest BCUT2D eigenvalue weighted by atomic mass is 10.0. The first-order chi connectivity index (χ1) is 10.7. The van der Waals surface area contributed by atoms with E-state index in [1.807, 2.05) is 6.92 Å². The molecule has 0 unspecified atom stereocenters. The lowest BCUT2D eigenvalue weighted by Gasteiger charge is -2.12. The molecule has 0 bridgehead atoms. The molecule has 0 saturated carbocycles. The SMILES string of the molecule is Cc1nc(NC(=O)Cc2ccccc2C(F)(F)F)nc(C)c1C. The Morgan fingerprint density at radius 1 is 1.09 bits per heavy atom. The van der Waals surface area contributed by atoms with Gasteiger partial charge in [-0.2, -0.15) is 13.2 Å². The van der Waals surface area contributed by atoms with E-state index in [-0.39, 0.29) is 11.5 Å². The minimum Gasteiger partial charge on any atom is -0.294 e. The molecule has 1 aromatic heterocycles. The van der Waals surface area contributed by atoms with Gasteiger partial charge >= 0.3 is 6.18 Å². The van der Waals surface area contributed by atoms with E-state index < -0.39 is 24.1 Å². The van der Waals surface area contributed by atoms with E-state index in [0.717, 1.165) is 11.6 Å². The van der Waals surface area contributed by atoms with Gasteiger partial charge in [0.1, 0.15) is 0 Å². The topological polar surface area (TPSA) is 54.9 Å². The van der Waals surface area contributed by atoms with Crippen molar-refractivity contribution in [3.8, 4) is 0 Å². The van der Waals surface area contributed by atoms with E-state index in [4.69, 9.17) is 0 Å². The van der Waals surface area contributed by atoms with Gasteiger partial charge in [-0.1, -0.05) is 18.2 Å². The quantitative estimate of drug-likeness (QED) is 0.939. The third kappa shape index (κ3) is 4.06. The molecule has 2 aromatic rings. The lowest BCUT2D eigenvalue weighted by molar-refractivity contribution is -0.138.